The fourth-order valence-electron chi connectivity index (χ4n) is 2.92. The smallest absolute Gasteiger partial charge is 0.183 e. The van der Waals surface area contributed by atoms with E-state index in [0.717, 1.165) is 11.3 Å². The molecule has 0 bridgehead atoms. The fraction of sp³-hybridized carbons (Fsp3) is 0.211. The van der Waals surface area contributed by atoms with Crippen molar-refractivity contribution in [2.75, 3.05) is 23.8 Å². The molecule has 1 aromatic carbocycles. The Morgan fingerprint density at radius 3 is 2.85 bits per heavy atom. The van der Waals surface area contributed by atoms with Crippen molar-refractivity contribution in [3.8, 4) is 11.4 Å². The third-order valence-corrected chi connectivity index (χ3v) is 4.96. The highest BCUT2D eigenvalue weighted by Gasteiger charge is 2.24. The summed E-state index contributed by atoms with van der Waals surface area (Å²) in [7, 11) is 0. The summed E-state index contributed by atoms with van der Waals surface area (Å²) in [6.45, 7) is 0.485. The summed E-state index contributed by atoms with van der Waals surface area (Å²) >= 11 is 1.45. The Morgan fingerprint density at radius 1 is 1.19 bits per heavy atom. The van der Waals surface area contributed by atoms with Crippen molar-refractivity contribution in [3.63, 3.8) is 0 Å². The Balaban J connectivity index is 1.63. The molecule has 3 aromatic rings. The first kappa shape index (κ1) is 17.6. The topological polar surface area (TPSA) is 103 Å². The van der Waals surface area contributed by atoms with Gasteiger partial charge in [0.15, 0.2) is 11.4 Å². The predicted octanol–water partition coefficient (Wildman–Crippen LogP) is 2.67. The van der Waals surface area contributed by atoms with Gasteiger partial charge in [-0.3, -0.25) is 4.98 Å². The molecule has 8 heteroatoms. The molecule has 0 radical (unpaired) electrons. The molecule has 3 heterocycles. The van der Waals surface area contributed by atoms with Crippen LogP contribution < -0.4 is 10.6 Å². The lowest BCUT2D eigenvalue weighted by Gasteiger charge is -2.23. The summed E-state index contributed by atoms with van der Waals surface area (Å²) < 4.78 is 0. The zero-order valence-electron chi connectivity index (χ0n) is 14.5. The van der Waals surface area contributed by atoms with Gasteiger partial charge in [-0.2, -0.15) is 0 Å². The van der Waals surface area contributed by atoms with E-state index in [9.17, 15) is 5.11 Å². The Hall–Kier alpha value is -2.81. The van der Waals surface area contributed by atoms with Crippen LogP contribution in [0.3, 0.4) is 0 Å². The molecule has 0 aliphatic carbocycles. The number of hydrogen-bond acceptors (Lipinski definition) is 8. The Morgan fingerprint density at radius 2 is 2.04 bits per heavy atom. The van der Waals surface area contributed by atoms with Crippen LogP contribution in [0.15, 0.2) is 53.0 Å². The molecule has 2 aromatic heterocycles. The molecule has 1 atom stereocenters. The number of nitrogens with one attached hydrogen (secondary N) is 2. The van der Waals surface area contributed by atoms with Gasteiger partial charge < -0.3 is 20.8 Å². The van der Waals surface area contributed by atoms with Crippen molar-refractivity contribution < 1.29 is 10.2 Å². The van der Waals surface area contributed by atoms with Crippen molar-refractivity contribution in [2.45, 2.75) is 12.6 Å². The molecule has 138 valence electrons. The normalized spacial score (nSPS) is 15.6. The molecule has 7 nitrogen and oxygen atoms in total. The standard InChI is InChI=1S/C19H19N5O2S/c25-9-8-21-19-22-14(11-27-19)17-16-13(6-7-20-17)18(26)24-15(23-16)10-12-4-2-1-3-5-12/h1-7,11,18,25-26H,8-10H2,(H,21,22)(H,23,24). The van der Waals surface area contributed by atoms with E-state index >= 15 is 0 Å². The number of benzene rings is 1. The molecule has 27 heavy (non-hydrogen) atoms. The van der Waals surface area contributed by atoms with Crippen LogP contribution >= 0.6 is 11.3 Å². The molecule has 0 amide bonds. The third-order valence-electron chi connectivity index (χ3n) is 4.16. The number of aliphatic imine (C=N–C) groups is 1. The van der Waals surface area contributed by atoms with E-state index in [2.05, 4.69) is 25.6 Å². The highest BCUT2D eigenvalue weighted by molar-refractivity contribution is 7.14. The quantitative estimate of drug-likeness (QED) is 0.524. The molecule has 0 saturated heterocycles. The summed E-state index contributed by atoms with van der Waals surface area (Å²) in [5.74, 6) is 0.685. The Kier molecular flexibility index (Phi) is 5.10. The van der Waals surface area contributed by atoms with E-state index in [-0.39, 0.29) is 6.61 Å². The molecule has 4 rings (SSSR count). The van der Waals surface area contributed by atoms with Crippen molar-refractivity contribution in [1.82, 2.24) is 9.97 Å². The maximum absolute atomic E-state index is 10.5. The fourth-order valence-corrected chi connectivity index (χ4v) is 3.64. The highest BCUT2D eigenvalue weighted by atomic mass is 32.1. The second-order valence-electron chi connectivity index (χ2n) is 6.05. The lowest BCUT2D eigenvalue weighted by atomic mass is 10.1. The maximum Gasteiger partial charge on any atom is 0.183 e. The number of rotatable bonds is 6. The van der Waals surface area contributed by atoms with Gasteiger partial charge >= 0.3 is 0 Å². The zero-order chi connectivity index (χ0) is 18.6. The zero-order valence-corrected chi connectivity index (χ0v) is 15.3. The summed E-state index contributed by atoms with van der Waals surface area (Å²) in [5, 5.41) is 28.4. The molecule has 0 fully saturated rings. The Labute approximate surface area is 160 Å². The van der Waals surface area contributed by atoms with Crippen molar-refractivity contribution >= 4 is 28.0 Å². The Bertz CT molecular complexity index is 958. The molecule has 4 N–H and O–H groups in total. The van der Waals surface area contributed by atoms with Crippen molar-refractivity contribution in [3.05, 3.63) is 59.1 Å². The number of thiazole rings is 1. The minimum atomic E-state index is -0.938. The van der Waals surface area contributed by atoms with E-state index in [1.165, 1.54) is 11.3 Å². The van der Waals surface area contributed by atoms with E-state index < -0.39 is 6.23 Å². The first-order valence-electron chi connectivity index (χ1n) is 8.60. The largest absolute Gasteiger partial charge is 0.395 e. The van der Waals surface area contributed by atoms with Crippen LogP contribution in [0.2, 0.25) is 0 Å². The van der Waals surface area contributed by atoms with E-state index in [4.69, 9.17) is 5.11 Å². The number of pyridine rings is 1. The number of anilines is 2. The van der Waals surface area contributed by atoms with Gasteiger partial charge in [-0.25, -0.2) is 9.98 Å². The molecule has 0 spiro atoms. The molecule has 1 unspecified atom stereocenters. The van der Waals surface area contributed by atoms with Crippen LogP contribution in [-0.4, -0.2) is 39.2 Å². The summed E-state index contributed by atoms with van der Waals surface area (Å²) in [5.41, 5.74) is 3.88. The van der Waals surface area contributed by atoms with Crippen LogP contribution in [0.5, 0.6) is 0 Å². The van der Waals surface area contributed by atoms with Crippen molar-refractivity contribution in [1.29, 1.82) is 0 Å². The van der Waals surface area contributed by atoms with Crippen molar-refractivity contribution in [2.24, 2.45) is 4.99 Å². The summed E-state index contributed by atoms with van der Waals surface area (Å²) in [6, 6.07) is 11.7. The molecular formula is C19H19N5O2S. The maximum atomic E-state index is 10.5. The van der Waals surface area contributed by atoms with Crippen LogP contribution in [0, 0.1) is 0 Å². The highest BCUT2D eigenvalue weighted by Crippen LogP contribution is 2.36. The van der Waals surface area contributed by atoms with Gasteiger partial charge in [-0.15, -0.1) is 11.3 Å². The van der Waals surface area contributed by atoms with Crippen LogP contribution in [-0.2, 0) is 6.42 Å². The number of fused-ring (bicyclic) bond motifs is 1. The third kappa shape index (κ3) is 3.82. The number of nitrogens with zero attached hydrogens (tertiary/aromatic N) is 3. The van der Waals surface area contributed by atoms with Gasteiger partial charge in [0.05, 0.1) is 12.3 Å². The molecule has 1 aliphatic rings. The predicted molar refractivity (Wildman–Crippen MR) is 107 cm³/mol. The first-order chi connectivity index (χ1) is 13.2. The van der Waals surface area contributed by atoms with Crippen LogP contribution in [0.1, 0.15) is 17.4 Å². The minimum Gasteiger partial charge on any atom is -0.395 e. The SMILES string of the molecule is OCCNc1nc(-c2nccc3c2NC(Cc2ccccc2)=NC3O)cs1. The van der Waals surface area contributed by atoms with Gasteiger partial charge in [-0.1, -0.05) is 30.3 Å². The molecule has 0 saturated carbocycles. The van der Waals surface area contributed by atoms with Gasteiger partial charge in [0.25, 0.3) is 0 Å². The van der Waals surface area contributed by atoms with Gasteiger partial charge in [0.2, 0.25) is 0 Å². The van der Waals surface area contributed by atoms with Gasteiger partial charge in [0.1, 0.15) is 17.2 Å². The molecule has 1 aliphatic heterocycles. The second kappa shape index (κ2) is 7.83. The summed E-state index contributed by atoms with van der Waals surface area (Å²) in [6.07, 6.45) is 1.30. The van der Waals surface area contributed by atoms with E-state index in [1.54, 1.807) is 12.3 Å². The van der Waals surface area contributed by atoms with Crippen LogP contribution in [0.4, 0.5) is 10.8 Å². The van der Waals surface area contributed by atoms with Gasteiger partial charge in [0, 0.05) is 30.1 Å². The first-order valence-corrected chi connectivity index (χ1v) is 9.48. The molecular weight excluding hydrogens is 362 g/mol. The average molecular weight is 381 g/mol. The average Bonchev–Trinajstić information content (AvgIpc) is 3.15. The van der Waals surface area contributed by atoms with E-state index in [1.807, 2.05) is 35.7 Å². The second-order valence-corrected chi connectivity index (χ2v) is 6.91. The van der Waals surface area contributed by atoms with Gasteiger partial charge in [-0.05, 0) is 11.6 Å². The van der Waals surface area contributed by atoms with E-state index in [0.29, 0.717) is 40.9 Å². The van der Waals surface area contributed by atoms with Crippen LogP contribution in [0.25, 0.3) is 11.4 Å². The summed E-state index contributed by atoms with van der Waals surface area (Å²) in [4.78, 5) is 13.4. The lowest BCUT2D eigenvalue weighted by molar-refractivity contribution is 0.188. The lowest BCUT2D eigenvalue weighted by Crippen LogP contribution is -2.23. The minimum absolute atomic E-state index is 0.0426. The number of hydrogen-bond donors (Lipinski definition) is 4. The monoisotopic (exact) mass is 381 g/mol. The number of aliphatic hydroxyl groups excluding tert-OH is 2. The number of aliphatic hydroxyl groups is 2. The number of aromatic nitrogens is 2. The number of amidine groups is 1.